The predicted octanol–water partition coefficient (Wildman–Crippen LogP) is 3.69. The third kappa shape index (κ3) is 5.95. The lowest BCUT2D eigenvalue weighted by atomic mass is 10.0. The van der Waals surface area contributed by atoms with Crippen molar-refractivity contribution in [2.75, 3.05) is 23.7 Å². The summed E-state index contributed by atoms with van der Waals surface area (Å²) in [6, 6.07) is 12.1. The van der Waals surface area contributed by atoms with Crippen LogP contribution in [0.15, 0.2) is 48.5 Å². The Morgan fingerprint density at radius 3 is 2.37 bits per heavy atom. The molecule has 0 saturated heterocycles. The van der Waals surface area contributed by atoms with Gasteiger partial charge in [-0.1, -0.05) is 51.1 Å². The van der Waals surface area contributed by atoms with E-state index in [1.165, 1.54) is 18.2 Å². The third-order valence-corrected chi connectivity index (χ3v) is 5.79. The third-order valence-electron chi connectivity index (χ3n) is 4.62. The minimum Gasteiger partial charge on any atom is -0.491 e. The van der Waals surface area contributed by atoms with Crippen molar-refractivity contribution in [1.29, 1.82) is 0 Å². The number of halogens is 1. The van der Waals surface area contributed by atoms with Crippen molar-refractivity contribution in [3.8, 4) is 5.75 Å². The molecule has 0 radical (unpaired) electrons. The number of para-hydroxylation sites is 2. The van der Waals surface area contributed by atoms with Gasteiger partial charge in [0.2, 0.25) is 15.9 Å². The first-order chi connectivity index (χ1) is 14.2. The number of anilines is 1. The van der Waals surface area contributed by atoms with Crippen LogP contribution in [0.2, 0.25) is 0 Å². The highest BCUT2D eigenvalue weighted by atomic mass is 32.2. The number of hydrogen-bond donors (Lipinski definition) is 1. The molecule has 2 rings (SSSR count). The molecule has 164 valence electrons. The van der Waals surface area contributed by atoms with E-state index in [4.69, 9.17) is 4.74 Å². The molecule has 0 unspecified atom stereocenters. The van der Waals surface area contributed by atoms with Gasteiger partial charge in [-0.25, -0.2) is 12.8 Å². The van der Waals surface area contributed by atoms with Crippen molar-refractivity contribution >= 4 is 21.6 Å². The number of carbonyl (C=O) groups excluding carboxylic acids is 1. The zero-order valence-electron chi connectivity index (χ0n) is 17.8. The number of amides is 1. The van der Waals surface area contributed by atoms with Gasteiger partial charge in [-0.05, 0) is 36.1 Å². The maximum absolute atomic E-state index is 14.3. The standard InChI is InChI=1S/C22H29FN2O4S/c1-5-19(25(30(4,27)28)20-12-8-7-11-18(20)23)22(26)24-14-15-29-21-13-9-6-10-17(21)16(2)3/h6-13,16,19H,5,14-15H2,1-4H3,(H,24,26)/t19-/m1/s1. The summed E-state index contributed by atoms with van der Waals surface area (Å²) in [6.45, 7) is 6.23. The molecular weight excluding hydrogens is 407 g/mol. The molecule has 0 aliphatic heterocycles. The maximum Gasteiger partial charge on any atom is 0.244 e. The number of sulfonamides is 1. The maximum atomic E-state index is 14.3. The van der Waals surface area contributed by atoms with Gasteiger partial charge in [0, 0.05) is 0 Å². The van der Waals surface area contributed by atoms with Gasteiger partial charge in [0.25, 0.3) is 0 Å². The van der Waals surface area contributed by atoms with Crippen molar-refractivity contribution in [2.24, 2.45) is 0 Å². The SMILES string of the molecule is CC[C@H](C(=O)NCCOc1ccccc1C(C)C)N(c1ccccc1F)S(C)(=O)=O. The predicted molar refractivity (Wildman–Crippen MR) is 117 cm³/mol. The number of rotatable bonds is 10. The van der Waals surface area contributed by atoms with Crippen LogP contribution in [0.3, 0.4) is 0 Å². The molecule has 0 aliphatic rings. The first-order valence-electron chi connectivity index (χ1n) is 9.90. The minimum atomic E-state index is -3.88. The molecule has 0 fully saturated rings. The summed E-state index contributed by atoms with van der Waals surface area (Å²) in [5.74, 6) is -0.169. The van der Waals surface area contributed by atoms with Gasteiger partial charge in [0.05, 0.1) is 18.5 Å². The van der Waals surface area contributed by atoms with Gasteiger partial charge >= 0.3 is 0 Å². The fourth-order valence-corrected chi connectivity index (χ4v) is 4.42. The van der Waals surface area contributed by atoms with Crippen molar-refractivity contribution in [3.05, 3.63) is 59.9 Å². The Morgan fingerprint density at radius 2 is 1.77 bits per heavy atom. The smallest absolute Gasteiger partial charge is 0.244 e. The van der Waals surface area contributed by atoms with Gasteiger partial charge in [0.1, 0.15) is 24.2 Å². The van der Waals surface area contributed by atoms with Crippen molar-refractivity contribution in [2.45, 2.75) is 39.2 Å². The fourth-order valence-electron chi connectivity index (χ4n) is 3.21. The van der Waals surface area contributed by atoms with Gasteiger partial charge < -0.3 is 10.1 Å². The zero-order valence-corrected chi connectivity index (χ0v) is 18.6. The summed E-state index contributed by atoms with van der Waals surface area (Å²) in [4.78, 5) is 12.7. The fraction of sp³-hybridized carbons (Fsp3) is 0.409. The Labute approximate surface area is 178 Å². The summed E-state index contributed by atoms with van der Waals surface area (Å²) in [7, 11) is -3.88. The second-order valence-corrected chi connectivity index (χ2v) is 9.13. The Kier molecular flexibility index (Phi) is 8.23. The van der Waals surface area contributed by atoms with Crippen LogP contribution in [0.25, 0.3) is 0 Å². The Morgan fingerprint density at radius 1 is 1.13 bits per heavy atom. The van der Waals surface area contributed by atoms with E-state index < -0.39 is 27.8 Å². The normalized spacial score (nSPS) is 12.5. The van der Waals surface area contributed by atoms with Crippen LogP contribution in [0.4, 0.5) is 10.1 Å². The number of nitrogens with zero attached hydrogens (tertiary/aromatic N) is 1. The van der Waals surface area contributed by atoms with E-state index >= 15 is 0 Å². The van der Waals surface area contributed by atoms with Crippen LogP contribution >= 0.6 is 0 Å². The molecule has 1 N–H and O–H groups in total. The number of ether oxygens (including phenoxy) is 1. The summed E-state index contributed by atoms with van der Waals surface area (Å²) < 4.78 is 45.6. The first kappa shape index (κ1) is 23.7. The Balaban J connectivity index is 2.07. The summed E-state index contributed by atoms with van der Waals surface area (Å²) in [5, 5.41) is 2.70. The summed E-state index contributed by atoms with van der Waals surface area (Å²) in [5.41, 5.74) is 0.919. The Bertz CT molecular complexity index is 963. The molecule has 0 aliphatic carbocycles. The molecule has 0 bridgehead atoms. The molecule has 6 nitrogen and oxygen atoms in total. The summed E-state index contributed by atoms with van der Waals surface area (Å²) >= 11 is 0. The molecule has 0 spiro atoms. The monoisotopic (exact) mass is 436 g/mol. The average molecular weight is 437 g/mol. The Hall–Kier alpha value is -2.61. The first-order valence-corrected chi connectivity index (χ1v) is 11.7. The van der Waals surface area contributed by atoms with Crippen molar-refractivity contribution in [3.63, 3.8) is 0 Å². The number of hydrogen-bond acceptors (Lipinski definition) is 4. The molecule has 0 saturated carbocycles. The molecule has 2 aromatic rings. The molecule has 0 heterocycles. The molecular formula is C22H29FN2O4S. The lowest BCUT2D eigenvalue weighted by molar-refractivity contribution is -0.122. The van der Waals surface area contributed by atoms with E-state index in [1.807, 2.05) is 24.3 Å². The lowest BCUT2D eigenvalue weighted by Gasteiger charge is -2.30. The topological polar surface area (TPSA) is 75.7 Å². The molecule has 2 aromatic carbocycles. The second kappa shape index (κ2) is 10.4. The van der Waals surface area contributed by atoms with Crippen molar-refractivity contribution < 1.29 is 22.3 Å². The van der Waals surface area contributed by atoms with Gasteiger partial charge in [-0.2, -0.15) is 0 Å². The van der Waals surface area contributed by atoms with E-state index in [1.54, 1.807) is 6.92 Å². The van der Waals surface area contributed by atoms with Gasteiger partial charge in [-0.3, -0.25) is 9.10 Å². The quantitative estimate of drug-likeness (QED) is 0.577. The average Bonchev–Trinajstić information content (AvgIpc) is 2.69. The molecule has 30 heavy (non-hydrogen) atoms. The zero-order chi connectivity index (χ0) is 22.3. The molecule has 1 atom stereocenters. The molecule has 0 aromatic heterocycles. The van der Waals surface area contributed by atoms with Crippen LogP contribution in [0.5, 0.6) is 5.75 Å². The van der Waals surface area contributed by atoms with Crippen molar-refractivity contribution in [1.82, 2.24) is 5.32 Å². The number of carbonyl (C=O) groups is 1. The lowest BCUT2D eigenvalue weighted by Crippen LogP contribution is -2.50. The number of nitrogens with one attached hydrogen (secondary N) is 1. The minimum absolute atomic E-state index is 0.149. The summed E-state index contributed by atoms with van der Waals surface area (Å²) in [6.07, 6.45) is 1.14. The van der Waals surface area contributed by atoms with Gasteiger partial charge in [-0.15, -0.1) is 0 Å². The van der Waals surface area contributed by atoms with Crippen LogP contribution < -0.4 is 14.4 Å². The van der Waals surface area contributed by atoms with E-state index in [9.17, 15) is 17.6 Å². The number of benzene rings is 2. The highest BCUT2D eigenvalue weighted by Gasteiger charge is 2.32. The van der Waals surface area contributed by atoms with E-state index in [-0.39, 0.29) is 25.3 Å². The van der Waals surface area contributed by atoms with E-state index in [0.717, 1.165) is 27.9 Å². The second-order valence-electron chi connectivity index (χ2n) is 7.27. The van der Waals surface area contributed by atoms with Crippen LogP contribution in [-0.4, -0.2) is 39.8 Å². The highest BCUT2D eigenvalue weighted by Crippen LogP contribution is 2.26. The van der Waals surface area contributed by atoms with Crippen LogP contribution in [0.1, 0.15) is 38.7 Å². The molecule has 1 amide bonds. The molecule has 8 heteroatoms. The van der Waals surface area contributed by atoms with Crippen LogP contribution in [-0.2, 0) is 14.8 Å². The van der Waals surface area contributed by atoms with E-state index in [0.29, 0.717) is 5.92 Å². The van der Waals surface area contributed by atoms with E-state index in [2.05, 4.69) is 19.2 Å². The van der Waals surface area contributed by atoms with Crippen LogP contribution in [0, 0.1) is 5.82 Å². The highest BCUT2D eigenvalue weighted by molar-refractivity contribution is 7.92. The van der Waals surface area contributed by atoms with Gasteiger partial charge in [0.15, 0.2) is 0 Å². The largest absolute Gasteiger partial charge is 0.491 e.